The van der Waals surface area contributed by atoms with Crippen molar-refractivity contribution in [2.45, 2.75) is 89.6 Å². The minimum absolute atomic E-state index is 0.0770. The van der Waals surface area contributed by atoms with Crippen molar-refractivity contribution in [3.8, 4) is 0 Å². The molecule has 0 heterocycles. The molecule has 0 bridgehead atoms. The Kier molecular flexibility index (Phi) is 9.45. The largest absolute Gasteiger partial charge is 0.351 e. The highest BCUT2D eigenvalue weighted by molar-refractivity contribution is 6.27. The summed E-state index contributed by atoms with van der Waals surface area (Å²) in [5.74, 6) is -0.371. The summed E-state index contributed by atoms with van der Waals surface area (Å²) >= 11 is 6.01. The Bertz CT molecular complexity index is 751. The summed E-state index contributed by atoms with van der Waals surface area (Å²) in [6.07, 6.45) is 14.6. The summed E-state index contributed by atoms with van der Waals surface area (Å²) in [6, 6.07) is 7.52. The molecule has 170 valence electrons. The molecule has 0 aromatic heterocycles. The molecule has 0 aliphatic heterocycles. The number of carbonyl (C=O) groups is 2. The van der Waals surface area contributed by atoms with E-state index in [1.807, 2.05) is 31.2 Å². The van der Waals surface area contributed by atoms with Gasteiger partial charge in [-0.2, -0.15) is 0 Å². The van der Waals surface area contributed by atoms with E-state index < -0.39 is 6.04 Å². The highest BCUT2D eigenvalue weighted by atomic mass is 35.5. The first-order chi connectivity index (χ1) is 15.1. The Morgan fingerprint density at radius 3 is 2.39 bits per heavy atom. The van der Waals surface area contributed by atoms with Crippen molar-refractivity contribution < 1.29 is 9.59 Å². The highest BCUT2D eigenvalue weighted by Crippen LogP contribution is 2.27. The maximum Gasteiger partial charge on any atom is 0.247 e. The molecule has 1 aromatic carbocycles. The third-order valence-corrected chi connectivity index (χ3v) is 6.88. The smallest absolute Gasteiger partial charge is 0.247 e. The lowest BCUT2D eigenvalue weighted by Crippen LogP contribution is -2.47. The summed E-state index contributed by atoms with van der Waals surface area (Å²) in [6.45, 7) is 2.55. The van der Waals surface area contributed by atoms with Crippen LogP contribution in [0.3, 0.4) is 0 Å². The molecular weight excluding hydrogens is 408 g/mol. The van der Waals surface area contributed by atoms with Gasteiger partial charge in [0.1, 0.15) is 11.9 Å². The van der Waals surface area contributed by atoms with Crippen molar-refractivity contribution in [1.29, 1.82) is 0 Å². The van der Waals surface area contributed by atoms with E-state index >= 15 is 0 Å². The predicted octanol–water partition coefficient (Wildman–Crippen LogP) is 5.83. The zero-order valence-corrected chi connectivity index (χ0v) is 19.6. The van der Waals surface area contributed by atoms with Crippen molar-refractivity contribution in [2.75, 3.05) is 12.4 Å². The molecule has 0 radical (unpaired) electrons. The maximum absolute atomic E-state index is 13.6. The van der Waals surface area contributed by atoms with E-state index in [1.165, 1.54) is 31.3 Å². The molecule has 2 aliphatic carbocycles. The zero-order valence-electron chi connectivity index (χ0n) is 18.9. The molecule has 0 unspecified atom stereocenters. The summed E-state index contributed by atoms with van der Waals surface area (Å²) in [5.41, 5.74) is 3.38. The van der Waals surface area contributed by atoms with Crippen molar-refractivity contribution in [1.82, 2.24) is 10.2 Å². The Morgan fingerprint density at radius 2 is 1.77 bits per heavy atom. The molecule has 4 nitrogen and oxygen atoms in total. The summed E-state index contributed by atoms with van der Waals surface area (Å²) in [7, 11) is 0. The SMILES string of the molecule is Cc1ccc([C@@H](C(=O)NC2CCCCCC2)N(CCC2=CCCCC2)C(=O)CCl)cc1. The number of carbonyl (C=O) groups excluding carboxylic acids is 2. The second kappa shape index (κ2) is 12.3. The van der Waals surface area contributed by atoms with Crippen molar-refractivity contribution in [3.63, 3.8) is 0 Å². The molecular formula is C26H37ClN2O2. The van der Waals surface area contributed by atoms with Crippen molar-refractivity contribution in [2.24, 2.45) is 0 Å². The topological polar surface area (TPSA) is 49.4 Å². The minimum Gasteiger partial charge on any atom is -0.351 e. The van der Waals surface area contributed by atoms with Crippen LogP contribution in [0, 0.1) is 6.92 Å². The Labute approximate surface area is 192 Å². The number of aryl methyl sites for hydroxylation is 1. The van der Waals surface area contributed by atoms with Gasteiger partial charge in [0, 0.05) is 12.6 Å². The van der Waals surface area contributed by atoms with Crippen LogP contribution in [0.15, 0.2) is 35.9 Å². The first-order valence-corrected chi connectivity index (χ1v) is 12.5. The van der Waals surface area contributed by atoms with Gasteiger partial charge in [0.2, 0.25) is 11.8 Å². The summed E-state index contributed by atoms with van der Waals surface area (Å²) in [5, 5.41) is 3.28. The molecule has 0 spiro atoms. The molecule has 3 rings (SSSR count). The van der Waals surface area contributed by atoms with Crippen LogP contribution in [-0.2, 0) is 9.59 Å². The third kappa shape index (κ3) is 7.10. The predicted molar refractivity (Wildman–Crippen MR) is 127 cm³/mol. The van der Waals surface area contributed by atoms with E-state index in [-0.39, 0.29) is 23.7 Å². The van der Waals surface area contributed by atoms with Gasteiger partial charge in [0.15, 0.2) is 0 Å². The van der Waals surface area contributed by atoms with E-state index in [0.717, 1.165) is 56.1 Å². The lowest BCUT2D eigenvalue weighted by Gasteiger charge is -2.33. The van der Waals surface area contributed by atoms with E-state index in [2.05, 4.69) is 11.4 Å². The standard InChI is InChI=1S/C26H37ClN2O2/c1-20-13-15-22(16-14-20)25(26(31)28-23-11-7-2-3-8-12-23)29(24(30)19-27)18-17-21-9-5-4-6-10-21/h9,13-16,23,25H,2-8,10-12,17-19H2,1H3,(H,28,31)/t25-/m0/s1. The second-order valence-electron chi connectivity index (χ2n) is 9.09. The van der Waals surface area contributed by atoms with Gasteiger partial charge in [-0.1, -0.05) is 67.2 Å². The molecule has 1 aromatic rings. The van der Waals surface area contributed by atoms with Gasteiger partial charge in [-0.3, -0.25) is 9.59 Å². The van der Waals surface area contributed by atoms with Gasteiger partial charge >= 0.3 is 0 Å². The van der Waals surface area contributed by atoms with Gasteiger partial charge in [-0.25, -0.2) is 0 Å². The fraction of sp³-hybridized carbons (Fsp3) is 0.615. The number of hydrogen-bond acceptors (Lipinski definition) is 2. The summed E-state index contributed by atoms with van der Waals surface area (Å²) in [4.78, 5) is 28.2. The quantitative estimate of drug-likeness (QED) is 0.311. The first-order valence-electron chi connectivity index (χ1n) is 12.0. The van der Waals surface area contributed by atoms with E-state index in [0.29, 0.717) is 6.54 Å². The van der Waals surface area contributed by atoms with E-state index in [4.69, 9.17) is 11.6 Å². The number of halogens is 1. The fourth-order valence-electron chi connectivity index (χ4n) is 4.80. The van der Waals surface area contributed by atoms with Gasteiger partial charge in [-0.05, 0) is 57.4 Å². The van der Waals surface area contributed by atoms with Crippen LogP contribution >= 0.6 is 11.6 Å². The van der Waals surface area contributed by atoms with Crippen LogP contribution < -0.4 is 5.32 Å². The van der Waals surface area contributed by atoms with E-state index in [1.54, 1.807) is 4.90 Å². The van der Waals surface area contributed by atoms with Gasteiger partial charge in [-0.15, -0.1) is 11.6 Å². The molecule has 1 N–H and O–H groups in total. The Hall–Kier alpha value is -1.81. The molecule has 2 amide bonds. The second-order valence-corrected chi connectivity index (χ2v) is 9.36. The molecule has 5 heteroatoms. The van der Waals surface area contributed by atoms with Crippen LogP contribution in [0.5, 0.6) is 0 Å². The highest BCUT2D eigenvalue weighted by Gasteiger charge is 2.32. The molecule has 1 atom stereocenters. The molecule has 0 saturated heterocycles. The maximum atomic E-state index is 13.6. The van der Waals surface area contributed by atoms with Crippen LogP contribution in [0.4, 0.5) is 0 Å². The number of nitrogens with one attached hydrogen (secondary N) is 1. The number of alkyl halides is 1. The van der Waals surface area contributed by atoms with Crippen LogP contribution in [0.1, 0.15) is 87.8 Å². The number of hydrogen-bond donors (Lipinski definition) is 1. The average molecular weight is 445 g/mol. The van der Waals surface area contributed by atoms with Crippen molar-refractivity contribution >= 4 is 23.4 Å². The van der Waals surface area contributed by atoms with Gasteiger partial charge in [0.25, 0.3) is 0 Å². The monoisotopic (exact) mass is 444 g/mol. The fourth-order valence-corrected chi connectivity index (χ4v) is 4.95. The lowest BCUT2D eigenvalue weighted by atomic mass is 9.96. The number of rotatable bonds is 8. The molecule has 31 heavy (non-hydrogen) atoms. The zero-order chi connectivity index (χ0) is 22.1. The molecule has 1 fully saturated rings. The lowest BCUT2D eigenvalue weighted by molar-refractivity contribution is -0.139. The van der Waals surface area contributed by atoms with Crippen LogP contribution in [0.25, 0.3) is 0 Å². The Morgan fingerprint density at radius 1 is 1.06 bits per heavy atom. The van der Waals surface area contributed by atoms with E-state index in [9.17, 15) is 9.59 Å². The van der Waals surface area contributed by atoms with Crippen LogP contribution in [-0.4, -0.2) is 35.2 Å². The minimum atomic E-state index is -0.640. The summed E-state index contributed by atoms with van der Waals surface area (Å²) < 4.78 is 0. The third-order valence-electron chi connectivity index (χ3n) is 6.65. The number of amides is 2. The number of nitrogens with zero attached hydrogens (tertiary/aromatic N) is 1. The molecule has 2 aliphatic rings. The first kappa shape index (κ1) is 23.8. The number of benzene rings is 1. The normalized spacial score (nSPS) is 18.6. The Balaban J connectivity index is 1.83. The van der Waals surface area contributed by atoms with Gasteiger partial charge < -0.3 is 10.2 Å². The van der Waals surface area contributed by atoms with Crippen molar-refractivity contribution in [3.05, 3.63) is 47.0 Å². The van der Waals surface area contributed by atoms with Gasteiger partial charge in [0.05, 0.1) is 0 Å². The van der Waals surface area contributed by atoms with Crippen LogP contribution in [0.2, 0.25) is 0 Å². The average Bonchev–Trinajstić information content (AvgIpc) is 3.06. The molecule has 1 saturated carbocycles. The number of allylic oxidation sites excluding steroid dienone is 1.